The van der Waals surface area contributed by atoms with Crippen LogP contribution in [0.25, 0.3) is 6.08 Å². The molecule has 0 bridgehead atoms. The number of rotatable bonds is 10. The highest BCUT2D eigenvalue weighted by atomic mass is 32.2. The summed E-state index contributed by atoms with van der Waals surface area (Å²) in [4.78, 5) is 26.9. The molecule has 1 aliphatic heterocycles. The van der Waals surface area contributed by atoms with Crippen LogP contribution in [-0.4, -0.2) is 47.9 Å². The molecule has 0 radical (unpaired) electrons. The Labute approximate surface area is 202 Å². The van der Waals surface area contributed by atoms with Gasteiger partial charge in [0.15, 0.2) is 18.1 Å². The fourth-order valence-electron chi connectivity index (χ4n) is 3.01. The molecular weight excluding hydrogens is 460 g/mol. The first kappa shape index (κ1) is 24.3. The zero-order valence-electron chi connectivity index (χ0n) is 18.3. The molecular formula is C24H24N2O5S2. The number of carbonyl (C=O) groups excluding carboxylic acids is 2. The molecule has 1 fully saturated rings. The number of nitrogens with one attached hydrogen (secondary N) is 1. The summed E-state index contributed by atoms with van der Waals surface area (Å²) in [5.41, 5.74) is 1.32. The van der Waals surface area contributed by atoms with E-state index in [0.29, 0.717) is 45.3 Å². The maximum Gasteiger partial charge on any atom is 0.266 e. The van der Waals surface area contributed by atoms with Crippen molar-refractivity contribution in [2.45, 2.75) is 6.92 Å². The van der Waals surface area contributed by atoms with Crippen molar-refractivity contribution in [2.24, 2.45) is 0 Å². The average molecular weight is 485 g/mol. The highest BCUT2D eigenvalue weighted by Crippen LogP contribution is 2.34. The molecule has 0 saturated carbocycles. The van der Waals surface area contributed by atoms with Gasteiger partial charge in [-0.05, 0) is 42.8 Å². The molecule has 2 aromatic rings. The Morgan fingerprint density at radius 2 is 1.97 bits per heavy atom. The number of hydrogen-bond acceptors (Lipinski definition) is 7. The van der Waals surface area contributed by atoms with Crippen molar-refractivity contribution in [3.63, 3.8) is 0 Å². The third-order valence-corrected chi connectivity index (χ3v) is 5.87. The number of nitrogens with zero attached hydrogens (tertiary/aromatic N) is 1. The molecule has 1 heterocycles. The summed E-state index contributed by atoms with van der Waals surface area (Å²) >= 11 is 6.50. The maximum atomic E-state index is 12.5. The van der Waals surface area contributed by atoms with Gasteiger partial charge in [0.25, 0.3) is 11.8 Å². The normalized spacial score (nSPS) is 14.4. The zero-order chi connectivity index (χ0) is 23.8. The lowest BCUT2D eigenvalue weighted by atomic mass is 10.2. The molecule has 1 saturated heterocycles. The van der Waals surface area contributed by atoms with Crippen LogP contribution in [0.15, 0.2) is 60.0 Å². The summed E-state index contributed by atoms with van der Waals surface area (Å²) in [6.45, 7) is 6.18. The smallest absolute Gasteiger partial charge is 0.266 e. The van der Waals surface area contributed by atoms with E-state index in [1.54, 1.807) is 42.5 Å². The number of thioether (sulfide) groups is 1. The van der Waals surface area contributed by atoms with E-state index < -0.39 is 0 Å². The van der Waals surface area contributed by atoms with E-state index in [4.69, 9.17) is 26.4 Å². The minimum atomic E-state index is -0.334. The van der Waals surface area contributed by atoms with Gasteiger partial charge in [0, 0.05) is 6.54 Å². The van der Waals surface area contributed by atoms with Crippen molar-refractivity contribution in [3.8, 4) is 17.2 Å². The fraction of sp³-hybridized carbons (Fsp3) is 0.208. The van der Waals surface area contributed by atoms with Gasteiger partial charge in [0.1, 0.15) is 10.1 Å². The molecule has 1 aliphatic rings. The topological polar surface area (TPSA) is 77.1 Å². The Balaban J connectivity index is 1.67. The summed E-state index contributed by atoms with van der Waals surface area (Å²) in [6, 6.07) is 12.4. The van der Waals surface area contributed by atoms with Gasteiger partial charge in [-0.15, -0.1) is 6.58 Å². The second kappa shape index (κ2) is 11.5. The summed E-state index contributed by atoms with van der Waals surface area (Å²) in [5, 5.41) is 2.78. The minimum absolute atomic E-state index is 0.159. The van der Waals surface area contributed by atoms with E-state index in [0.717, 1.165) is 5.56 Å². The number of ether oxygens (including phenoxy) is 3. The summed E-state index contributed by atoms with van der Waals surface area (Å²) in [6.07, 6.45) is 3.38. The molecule has 0 unspecified atom stereocenters. The van der Waals surface area contributed by atoms with Crippen LogP contribution in [0, 0.1) is 0 Å². The summed E-state index contributed by atoms with van der Waals surface area (Å²) < 4.78 is 17.1. The van der Waals surface area contributed by atoms with Gasteiger partial charge in [-0.2, -0.15) is 0 Å². The maximum absolute atomic E-state index is 12.5. The van der Waals surface area contributed by atoms with Crippen molar-refractivity contribution in [3.05, 3.63) is 65.6 Å². The lowest BCUT2D eigenvalue weighted by Crippen LogP contribution is -2.27. The number of hydrogen-bond donors (Lipinski definition) is 1. The van der Waals surface area contributed by atoms with Crippen LogP contribution < -0.4 is 19.5 Å². The lowest BCUT2D eigenvalue weighted by Gasteiger charge is -2.13. The highest BCUT2D eigenvalue weighted by molar-refractivity contribution is 8.26. The third-order valence-electron chi connectivity index (χ3n) is 4.49. The van der Waals surface area contributed by atoms with E-state index in [9.17, 15) is 9.59 Å². The van der Waals surface area contributed by atoms with Gasteiger partial charge in [0.2, 0.25) is 0 Å². The number of amides is 2. The van der Waals surface area contributed by atoms with Crippen LogP contribution in [0.3, 0.4) is 0 Å². The Kier molecular flexibility index (Phi) is 8.51. The second-order valence-electron chi connectivity index (χ2n) is 6.76. The average Bonchev–Trinajstić information content (AvgIpc) is 3.07. The molecule has 0 spiro atoms. The van der Waals surface area contributed by atoms with E-state index in [1.165, 1.54) is 23.8 Å². The number of benzene rings is 2. The van der Waals surface area contributed by atoms with Crippen molar-refractivity contribution in [2.75, 3.05) is 32.2 Å². The molecule has 7 nitrogen and oxygen atoms in total. The molecule has 9 heteroatoms. The van der Waals surface area contributed by atoms with Gasteiger partial charge in [-0.3, -0.25) is 14.5 Å². The van der Waals surface area contributed by atoms with Gasteiger partial charge in [0.05, 0.1) is 24.3 Å². The fourth-order valence-corrected chi connectivity index (χ4v) is 4.29. The van der Waals surface area contributed by atoms with Crippen LogP contribution >= 0.6 is 24.0 Å². The number of para-hydroxylation sites is 2. The first-order valence-electron chi connectivity index (χ1n) is 10.2. The molecule has 3 rings (SSSR count). The van der Waals surface area contributed by atoms with E-state index in [2.05, 4.69) is 11.9 Å². The van der Waals surface area contributed by atoms with Crippen LogP contribution in [0.4, 0.5) is 5.69 Å². The number of methoxy groups -OCH3 is 1. The molecule has 0 atom stereocenters. The van der Waals surface area contributed by atoms with Crippen molar-refractivity contribution in [1.82, 2.24) is 4.90 Å². The Hall–Kier alpha value is -3.30. The number of carbonyl (C=O) groups is 2. The van der Waals surface area contributed by atoms with Gasteiger partial charge in [-0.1, -0.05) is 48.3 Å². The molecule has 2 aromatic carbocycles. The third kappa shape index (κ3) is 6.15. The van der Waals surface area contributed by atoms with Crippen molar-refractivity contribution < 1.29 is 23.8 Å². The standard InChI is InChI=1S/C24H24N2O5S2/c1-4-12-26-23(28)21(33-24(26)32)14-16-10-11-19(20(13-16)29-3)31-15-22(27)25-17-8-6-7-9-18(17)30-5-2/h4,6-11,13-14H,1,5,12,15H2,2-3H3,(H,25,27)/b21-14-. The van der Waals surface area contributed by atoms with Crippen LogP contribution in [0.1, 0.15) is 12.5 Å². The first-order valence-corrected chi connectivity index (χ1v) is 11.4. The zero-order valence-corrected chi connectivity index (χ0v) is 20.0. The Bertz CT molecular complexity index is 1100. The summed E-state index contributed by atoms with van der Waals surface area (Å²) in [7, 11) is 1.51. The predicted octanol–water partition coefficient (Wildman–Crippen LogP) is 4.50. The van der Waals surface area contributed by atoms with Gasteiger partial charge < -0.3 is 19.5 Å². The van der Waals surface area contributed by atoms with Crippen molar-refractivity contribution in [1.29, 1.82) is 0 Å². The predicted molar refractivity (Wildman–Crippen MR) is 135 cm³/mol. The highest BCUT2D eigenvalue weighted by Gasteiger charge is 2.31. The minimum Gasteiger partial charge on any atom is -0.493 e. The van der Waals surface area contributed by atoms with Gasteiger partial charge >= 0.3 is 0 Å². The van der Waals surface area contributed by atoms with Crippen LogP contribution in [-0.2, 0) is 9.59 Å². The molecule has 1 N–H and O–H groups in total. The second-order valence-corrected chi connectivity index (χ2v) is 8.43. The lowest BCUT2D eigenvalue weighted by molar-refractivity contribution is -0.121. The van der Waals surface area contributed by atoms with E-state index in [-0.39, 0.29) is 18.4 Å². The quantitative estimate of drug-likeness (QED) is 0.302. The first-order chi connectivity index (χ1) is 16.0. The number of anilines is 1. The Morgan fingerprint density at radius 3 is 2.70 bits per heavy atom. The largest absolute Gasteiger partial charge is 0.493 e. The molecule has 0 aromatic heterocycles. The van der Waals surface area contributed by atoms with Crippen molar-refractivity contribution >= 4 is 51.9 Å². The molecule has 33 heavy (non-hydrogen) atoms. The van der Waals surface area contributed by atoms with Gasteiger partial charge in [-0.25, -0.2) is 0 Å². The summed E-state index contributed by atoms with van der Waals surface area (Å²) in [5.74, 6) is 0.941. The van der Waals surface area contributed by atoms with Crippen LogP contribution in [0.5, 0.6) is 17.2 Å². The van der Waals surface area contributed by atoms with E-state index in [1.807, 2.05) is 19.1 Å². The Morgan fingerprint density at radius 1 is 1.18 bits per heavy atom. The molecule has 0 aliphatic carbocycles. The molecule has 2 amide bonds. The SMILES string of the molecule is C=CCN1C(=O)/C(=C/c2ccc(OCC(=O)Nc3ccccc3OCC)c(OC)c2)SC1=S. The molecule has 172 valence electrons. The monoisotopic (exact) mass is 484 g/mol. The van der Waals surface area contributed by atoms with Crippen LogP contribution in [0.2, 0.25) is 0 Å². The number of thiocarbonyl (C=S) groups is 1. The van der Waals surface area contributed by atoms with E-state index >= 15 is 0 Å².